The van der Waals surface area contributed by atoms with Gasteiger partial charge in [0.25, 0.3) is 5.91 Å². The van der Waals surface area contributed by atoms with E-state index in [2.05, 4.69) is 0 Å². The molecule has 0 saturated heterocycles. The molecular formula is C21H26N2O5S. The van der Waals surface area contributed by atoms with Crippen LogP contribution in [0.4, 0.5) is 0 Å². The Bertz CT molecular complexity index is 1000. The van der Waals surface area contributed by atoms with Crippen LogP contribution < -0.4 is 14.6 Å². The second kappa shape index (κ2) is 9.58. The van der Waals surface area contributed by atoms with Crippen molar-refractivity contribution in [3.05, 3.63) is 59.7 Å². The van der Waals surface area contributed by atoms with E-state index in [1.165, 1.54) is 24.1 Å². The van der Waals surface area contributed by atoms with Crippen molar-refractivity contribution in [1.29, 1.82) is 0 Å². The molecule has 0 saturated carbocycles. The van der Waals surface area contributed by atoms with E-state index < -0.39 is 10.0 Å². The van der Waals surface area contributed by atoms with E-state index in [0.29, 0.717) is 17.1 Å². The van der Waals surface area contributed by atoms with Crippen LogP contribution in [0.25, 0.3) is 6.08 Å². The zero-order chi connectivity index (χ0) is 21.6. The van der Waals surface area contributed by atoms with Gasteiger partial charge in [0.1, 0.15) is 0 Å². The first-order chi connectivity index (χ1) is 13.7. The number of allylic oxidation sites excluding steroid dienone is 1. The maximum Gasteiger partial charge on any atom is 0.260 e. The third-order valence-corrected chi connectivity index (χ3v) is 5.45. The topological polar surface area (TPSA) is 98.9 Å². The van der Waals surface area contributed by atoms with E-state index >= 15 is 0 Å². The number of carbonyl (C=O) groups is 1. The quantitative estimate of drug-likeness (QED) is 0.711. The summed E-state index contributed by atoms with van der Waals surface area (Å²) in [7, 11) is -0.644. The van der Waals surface area contributed by atoms with Gasteiger partial charge in [0.05, 0.1) is 18.0 Å². The van der Waals surface area contributed by atoms with E-state index in [0.717, 1.165) is 5.56 Å². The van der Waals surface area contributed by atoms with Crippen LogP contribution in [0.1, 0.15) is 31.0 Å². The Labute approximate surface area is 171 Å². The van der Waals surface area contributed by atoms with Gasteiger partial charge in [-0.25, -0.2) is 13.6 Å². The molecule has 7 nitrogen and oxygen atoms in total. The third kappa shape index (κ3) is 5.82. The van der Waals surface area contributed by atoms with E-state index in [1.807, 2.05) is 31.2 Å². The maximum atomic E-state index is 12.6. The number of nitrogens with two attached hydrogens (primary N) is 1. The number of benzene rings is 2. The Hall–Kier alpha value is -2.84. The molecule has 0 aliphatic rings. The zero-order valence-electron chi connectivity index (χ0n) is 17.0. The first-order valence-electron chi connectivity index (χ1n) is 8.99. The average molecular weight is 419 g/mol. The number of methoxy groups -OCH3 is 1. The minimum absolute atomic E-state index is 0.00454. The smallest absolute Gasteiger partial charge is 0.260 e. The molecule has 0 heterocycles. The Morgan fingerprint density at radius 2 is 1.93 bits per heavy atom. The molecule has 2 aromatic rings. The fourth-order valence-electron chi connectivity index (χ4n) is 2.73. The average Bonchev–Trinajstić information content (AvgIpc) is 2.71. The lowest BCUT2D eigenvalue weighted by Crippen LogP contribution is -2.33. The summed E-state index contributed by atoms with van der Waals surface area (Å²) in [4.78, 5) is 14.1. The summed E-state index contributed by atoms with van der Waals surface area (Å²) in [6.45, 7) is 3.53. The molecule has 2 aromatic carbocycles. The summed E-state index contributed by atoms with van der Waals surface area (Å²) < 4.78 is 34.1. The second-order valence-corrected chi connectivity index (χ2v) is 8.06. The van der Waals surface area contributed by atoms with E-state index in [9.17, 15) is 13.2 Å². The van der Waals surface area contributed by atoms with Crippen LogP contribution in [0.3, 0.4) is 0 Å². The van der Waals surface area contributed by atoms with Crippen molar-refractivity contribution in [2.75, 3.05) is 20.8 Å². The monoisotopic (exact) mass is 418 g/mol. The highest BCUT2D eigenvalue weighted by Crippen LogP contribution is 2.29. The number of likely N-dealkylation sites (N-methyl/N-ethyl adjacent to an activating group) is 1. The second-order valence-electron chi connectivity index (χ2n) is 6.50. The fourth-order valence-corrected chi connectivity index (χ4v) is 3.30. The summed E-state index contributed by atoms with van der Waals surface area (Å²) >= 11 is 0. The summed E-state index contributed by atoms with van der Waals surface area (Å²) in [6.07, 6.45) is 3.85. The maximum absolute atomic E-state index is 12.6. The molecular weight excluding hydrogens is 392 g/mol. The van der Waals surface area contributed by atoms with Gasteiger partial charge in [-0.1, -0.05) is 30.4 Å². The normalized spacial score (nSPS) is 12.6. The molecule has 0 fully saturated rings. The van der Waals surface area contributed by atoms with Crippen LogP contribution >= 0.6 is 0 Å². The highest BCUT2D eigenvalue weighted by molar-refractivity contribution is 7.89. The predicted octanol–water partition coefficient (Wildman–Crippen LogP) is 2.97. The van der Waals surface area contributed by atoms with Crippen LogP contribution in [0.5, 0.6) is 11.5 Å². The first-order valence-corrected chi connectivity index (χ1v) is 10.5. The fraction of sp³-hybridized carbons (Fsp3) is 0.286. The minimum atomic E-state index is -3.81. The van der Waals surface area contributed by atoms with Gasteiger partial charge in [-0.05, 0) is 49.2 Å². The minimum Gasteiger partial charge on any atom is -0.493 e. The molecule has 0 aromatic heterocycles. The van der Waals surface area contributed by atoms with Crippen molar-refractivity contribution in [2.45, 2.75) is 24.8 Å². The number of hydrogen-bond acceptors (Lipinski definition) is 5. The Balaban J connectivity index is 2.09. The molecule has 156 valence electrons. The predicted molar refractivity (Wildman–Crippen MR) is 112 cm³/mol. The zero-order valence-corrected chi connectivity index (χ0v) is 17.8. The van der Waals surface area contributed by atoms with Gasteiger partial charge >= 0.3 is 0 Å². The van der Waals surface area contributed by atoms with Gasteiger partial charge in [0, 0.05) is 7.05 Å². The number of hydrogen-bond donors (Lipinski definition) is 1. The highest BCUT2D eigenvalue weighted by atomic mass is 32.2. The van der Waals surface area contributed by atoms with Crippen LogP contribution in [-0.4, -0.2) is 40.0 Å². The number of amides is 1. The van der Waals surface area contributed by atoms with Crippen LogP contribution in [0.15, 0.2) is 53.4 Å². The van der Waals surface area contributed by atoms with Gasteiger partial charge < -0.3 is 14.4 Å². The molecule has 1 amide bonds. The SMILES string of the molecule is C/C=C/c1ccc(OCC(=O)N(C)C(C)c2cccc(S(N)(=O)=O)c2)c(OC)c1. The highest BCUT2D eigenvalue weighted by Gasteiger charge is 2.20. The van der Waals surface area contributed by atoms with Gasteiger partial charge in [-0.2, -0.15) is 0 Å². The summed E-state index contributed by atoms with van der Waals surface area (Å²) in [6, 6.07) is 11.3. The van der Waals surface area contributed by atoms with E-state index in [1.54, 1.807) is 32.2 Å². The van der Waals surface area contributed by atoms with Crippen molar-refractivity contribution < 1.29 is 22.7 Å². The third-order valence-electron chi connectivity index (χ3n) is 4.54. The van der Waals surface area contributed by atoms with Gasteiger partial charge in [-0.15, -0.1) is 0 Å². The van der Waals surface area contributed by atoms with Crippen molar-refractivity contribution >= 4 is 22.0 Å². The Morgan fingerprint density at radius 1 is 1.21 bits per heavy atom. The van der Waals surface area contributed by atoms with E-state index in [-0.39, 0.29) is 23.5 Å². The van der Waals surface area contributed by atoms with Crippen LogP contribution in [0.2, 0.25) is 0 Å². The Kier molecular flexibility index (Phi) is 7.41. The number of carbonyl (C=O) groups excluding carboxylic acids is 1. The Morgan fingerprint density at radius 3 is 2.55 bits per heavy atom. The molecule has 0 aliphatic heterocycles. The lowest BCUT2D eigenvalue weighted by atomic mass is 10.1. The van der Waals surface area contributed by atoms with Gasteiger partial charge in [0.15, 0.2) is 18.1 Å². The van der Waals surface area contributed by atoms with Crippen molar-refractivity contribution in [1.82, 2.24) is 4.90 Å². The summed E-state index contributed by atoms with van der Waals surface area (Å²) in [5, 5.41) is 5.19. The molecule has 2 N–H and O–H groups in total. The van der Waals surface area contributed by atoms with Crippen molar-refractivity contribution in [3.63, 3.8) is 0 Å². The lowest BCUT2D eigenvalue weighted by molar-refractivity contribution is -0.134. The largest absolute Gasteiger partial charge is 0.493 e. The van der Waals surface area contributed by atoms with Crippen molar-refractivity contribution in [2.24, 2.45) is 5.14 Å². The molecule has 0 spiro atoms. The number of primary sulfonamides is 1. The van der Waals surface area contributed by atoms with Crippen LogP contribution in [-0.2, 0) is 14.8 Å². The molecule has 1 atom stereocenters. The molecule has 0 radical (unpaired) electrons. The van der Waals surface area contributed by atoms with Gasteiger partial charge in [0.2, 0.25) is 10.0 Å². The molecule has 8 heteroatoms. The molecule has 1 unspecified atom stereocenters. The molecule has 0 bridgehead atoms. The summed E-state index contributed by atoms with van der Waals surface area (Å²) in [5.74, 6) is 0.731. The lowest BCUT2D eigenvalue weighted by Gasteiger charge is -2.26. The number of sulfonamides is 1. The molecule has 2 rings (SSSR count). The number of nitrogens with zero attached hydrogens (tertiary/aromatic N) is 1. The number of rotatable bonds is 8. The standard InChI is InChI=1S/C21H26N2O5S/c1-5-7-16-10-11-19(20(12-16)27-4)28-14-21(24)23(3)15(2)17-8-6-9-18(13-17)29(22,25)26/h5-13,15H,14H2,1-4H3,(H2,22,25,26)/b7-5+. The first kappa shape index (κ1) is 22.4. The molecule has 0 aliphatic carbocycles. The van der Waals surface area contributed by atoms with E-state index in [4.69, 9.17) is 14.6 Å². The molecule has 29 heavy (non-hydrogen) atoms. The van der Waals surface area contributed by atoms with Crippen molar-refractivity contribution in [3.8, 4) is 11.5 Å². The number of ether oxygens (including phenoxy) is 2. The summed E-state index contributed by atoms with van der Waals surface area (Å²) in [5.41, 5.74) is 1.61. The van der Waals surface area contributed by atoms with Crippen LogP contribution in [0, 0.1) is 0 Å². The van der Waals surface area contributed by atoms with Gasteiger partial charge in [-0.3, -0.25) is 4.79 Å².